The molecule has 1 aromatic carbocycles. The molecule has 10 heteroatoms. The van der Waals surface area contributed by atoms with Gasteiger partial charge in [0.05, 0.1) is 12.2 Å². The van der Waals surface area contributed by atoms with Gasteiger partial charge in [-0.25, -0.2) is 23.1 Å². The number of aliphatic hydroxyl groups is 1. The fourth-order valence-corrected chi connectivity index (χ4v) is 2.91. The van der Waals surface area contributed by atoms with E-state index in [4.69, 9.17) is 11.6 Å². The molecule has 0 radical (unpaired) electrons. The molecule has 1 N–H and O–H groups in total. The lowest BCUT2D eigenvalue weighted by molar-refractivity contribution is -0.0103. The van der Waals surface area contributed by atoms with Gasteiger partial charge in [-0.05, 0) is 6.07 Å². The molecular weight excluding hydrogens is 371 g/mol. The number of hydrogen-bond acceptors (Lipinski definition) is 5. The molecule has 0 saturated carbocycles. The predicted octanol–water partition coefficient (Wildman–Crippen LogP) is 2.83. The summed E-state index contributed by atoms with van der Waals surface area (Å²) >= 11 is 5.69. The lowest BCUT2D eigenvalue weighted by Gasteiger charge is -2.35. The molecule has 2 aromatic heterocycles. The summed E-state index contributed by atoms with van der Waals surface area (Å²) in [6.07, 6.45) is 3.66. The minimum Gasteiger partial charge on any atom is -0.382 e. The summed E-state index contributed by atoms with van der Waals surface area (Å²) < 4.78 is 43.5. The van der Waals surface area contributed by atoms with Crippen molar-refractivity contribution >= 4 is 11.6 Å². The van der Waals surface area contributed by atoms with E-state index in [0.717, 1.165) is 18.5 Å². The molecule has 0 bridgehead atoms. The van der Waals surface area contributed by atoms with E-state index in [1.807, 2.05) is 0 Å². The van der Waals surface area contributed by atoms with Crippen LogP contribution >= 0.6 is 11.6 Å². The van der Waals surface area contributed by atoms with E-state index in [1.165, 1.54) is 24.1 Å². The zero-order valence-corrected chi connectivity index (χ0v) is 14.2. The third kappa shape index (κ3) is 3.27. The summed E-state index contributed by atoms with van der Waals surface area (Å²) in [5.41, 5.74) is -2.43. The van der Waals surface area contributed by atoms with Gasteiger partial charge >= 0.3 is 0 Å². The second-order valence-electron chi connectivity index (χ2n) is 5.77. The number of halogens is 4. The van der Waals surface area contributed by atoms with Crippen LogP contribution in [0.5, 0.6) is 0 Å². The minimum atomic E-state index is -2.00. The van der Waals surface area contributed by atoms with Crippen LogP contribution in [0.1, 0.15) is 24.1 Å². The molecule has 2 heterocycles. The quantitative estimate of drug-likeness (QED) is 0.686. The molecule has 3 rings (SSSR count). The summed E-state index contributed by atoms with van der Waals surface area (Å²) in [6, 6.07) is 2.75. The maximum atomic E-state index is 14.4. The van der Waals surface area contributed by atoms with Crippen LogP contribution in [0.25, 0.3) is 0 Å². The molecule has 6 nitrogen and oxygen atoms in total. The van der Waals surface area contributed by atoms with Crippen molar-refractivity contribution in [2.75, 3.05) is 0 Å². The first kappa shape index (κ1) is 18.3. The van der Waals surface area contributed by atoms with Crippen LogP contribution in [0.15, 0.2) is 37.2 Å². The van der Waals surface area contributed by atoms with Gasteiger partial charge in [0.1, 0.15) is 36.2 Å². The maximum Gasteiger partial charge on any atom is 0.182 e. The third-order valence-electron chi connectivity index (χ3n) is 4.19. The summed E-state index contributed by atoms with van der Waals surface area (Å²) in [5, 5.41) is 18.2. The second-order valence-corrected chi connectivity index (χ2v) is 6.13. The van der Waals surface area contributed by atoms with E-state index in [2.05, 4.69) is 20.2 Å². The van der Waals surface area contributed by atoms with Crippen LogP contribution in [-0.4, -0.2) is 29.8 Å². The average Bonchev–Trinajstić information content (AvgIpc) is 3.09. The van der Waals surface area contributed by atoms with E-state index in [1.54, 1.807) is 0 Å². The second kappa shape index (κ2) is 7.00. The molecule has 0 spiro atoms. The van der Waals surface area contributed by atoms with Gasteiger partial charge in [-0.15, -0.1) is 10.2 Å². The molecular formula is C16H13ClF3N5O. The number of benzene rings is 1. The standard InChI is InChI=1S/C16H13ClF3N5O/c1-9(14-13(20)15(17)22-6-21-14)16(26,5-25-7-23-24-8-25)11-3-2-10(18)4-12(11)19/h2-4,6-9,26H,5H2,1H3. The Hall–Kier alpha value is -2.52. The number of rotatable bonds is 5. The highest BCUT2D eigenvalue weighted by molar-refractivity contribution is 6.29. The van der Waals surface area contributed by atoms with Crippen molar-refractivity contribution in [3.8, 4) is 0 Å². The molecule has 0 amide bonds. The van der Waals surface area contributed by atoms with E-state index < -0.39 is 34.1 Å². The molecule has 0 aliphatic heterocycles. The lowest BCUT2D eigenvalue weighted by Crippen LogP contribution is -2.38. The first-order chi connectivity index (χ1) is 12.3. The van der Waals surface area contributed by atoms with Gasteiger partial charge in [-0.3, -0.25) is 0 Å². The topological polar surface area (TPSA) is 76.7 Å². The average molecular weight is 384 g/mol. The smallest absolute Gasteiger partial charge is 0.182 e. The highest BCUT2D eigenvalue weighted by Crippen LogP contribution is 2.40. The van der Waals surface area contributed by atoms with Crippen molar-refractivity contribution in [3.05, 3.63) is 71.0 Å². The summed E-state index contributed by atoms with van der Waals surface area (Å²) in [5.74, 6) is -3.77. The van der Waals surface area contributed by atoms with Crippen molar-refractivity contribution in [1.29, 1.82) is 0 Å². The molecule has 0 aliphatic carbocycles. The number of aromatic nitrogens is 5. The molecule has 0 aliphatic rings. The SMILES string of the molecule is CC(c1ncnc(Cl)c1F)C(O)(Cn1cnnc1)c1ccc(F)cc1F. The first-order valence-electron chi connectivity index (χ1n) is 7.49. The Kier molecular flexibility index (Phi) is 4.92. The van der Waals surface area contributed by atoms with Gasteiger partial charge in [0.25, 0.3) is 0 Å². The summed E-state index contributed by atoms with van der Waals surface area (Å²) in [6.45, 7) is 1.22. The minimum absolute atomic E-state index is 0.204. The molecule has 2 atom stereocenters. The molecule has 2 unspecified atom stereocenters. The van der Waals surface area contributed by atoms with Gasteiger partial charge in [-0.1, -0.05) is 24.6 Å². The Morgan fingerprint density at radius 2 is 1.88 bits per heavy atom. The highest BCUT2D eigenvalue weighted by atomic mass is 35.5. The van der Waals surface area contributed by atoms with Crippen molar-refractivity contribution in [1.82, 2.24) is 24.7 Å². The Labute approximate surface area is 151 Å². The molecule has 26 heavy (non-hydrogen) atoms. The lowest BCUT2D eigenvalue weighted by atomic mass is 9.79. The van der Waals surface area contributed by atoms with Gasteiger partial charge in [0.15, 0.2) is 11.0 Å². The largest absolute Gasteiger partial charge is 0.382 e. The van der Waals surface area contributed by atoms with Crippen LogP contribution in [0, 0.1) is 17.5 Å². The predicted molar refractivity (Wildman–Crippen MR) is 85.7 cm³/mol. The Bertz CT molecular complexity index is 924. The van der Waals surface area contributed by atoms with Crippen molar-refractivity contribution in [3.63, 3.8) is 0 Å². The molecule has 0 saturated heterocycles. The fourth-order valence-electron chi connectivity index (χ4n) is 2.77. The van der Waals surface area contributed by atoms with Crippen LogP contribution in [0.3, 0.4) is 0 Å². The van der Waals surface area contributed by atoms with Crippen molar-refractivity contribution in [2.45, 2.75) is 25.0 Å². The van der Waals surface area contributed by atoms with Crippen molar-refractivity contribution < 1.29 is 18.3 Å². The van der Waals surface area contributed by atoms with E-state index in [9.17, 15) is 18.3 Å². The zero-order chi connectivity index (χ0) is 18.9. The summed E-state index contributed by atoms with van der Waals surface area (Å²) in [4.78, 5) is 7.37. The highest BCUT2D eigenvalue weighted by Gasteiger charge is 2.41. The monoisotopic (exact) mass is 383 g/mol. The van der Waals surface area contributed by atoms with Crippen LogP contribution in [0.4, 0.5) is 13.2 Å². The van der Waals surface area contributed by atoms with Crippen LogP contribution < -0.4 is 0 Å². The number of nitrogens with zero attached hydrogens (tertiary/aromatic N) is 5. The van der Waals surface area contributed by atoms with Gasteiger partial charge in [0, 0.05) is 17.5 Å². The Morgan fingerprint density at radius 1 is 1.19 bits per heavy atom. The van der Waals surface area contributed by atoms with E-state index in [-0.39, 0.29) is 17.8 Å². The van der Waals surface area contributed by atoms with Crippen LogP contribution in [-0.2, 0) is 12.1 Å². The van der Waals surface area contributed by atoms with Crippen molar-refractivity contribution in [2.24, 2.45) is 0 Å². The molecule has 3 aromatic rings. The van der Waals surface area contributed by atoms with Gasteiger partial charge in [0.2, 0.25) is 0 Å². The fraction of sp³-hybridized carbons (Fsp3) is 0.250. The number of hydrogen-bond donors (Lipinski definition) is 1. The third-order valence-corrected chi connectivity index (χ3v) is 4.45. The zero-order valence-electron chi connectivity index (χ0n) is 13.4. The van der Waals surface area contributed by atoms with Gasteiger partial charge in [-0.2, -0.15) is 0 Å². The molecule has 0 fully saturated rings. The van der Waals surface area contributed by atoms with Crippen LogP contribution in [0.2, 0.25) is 5.15 Å². The normalized spacial score (nSPS) is 14.8. The molecule has 136 valence electrons. The summed E-state index contributed by atoms with van der Waals surface area (Å²) in [7, 11) is 0. The Morgan fingerprint density at radius 3 is 2.54 bits per heavy atom. The first-order valence-corrected chi connectivity index (χ1v) is 7.87. The van der Waals surface area contributed by atoms with E-state index >= 15 is 0 Å². The van der Waals surface area contributed by atoms with Gasteiger partial charge < -0.3 is 9.67 Å². The van der Waals surface area contributed by atoms with E-state index in [0.29, 0.717) is 6.07 Å². The maximum absolute atomic E-state index is 14.4. The Balaban J connectivity index is 2.15.